The summed E-state index contributed by atoms with van der Waals surface area (Å²) in [6.07, 6.45) is 3.01. The van der Waals surface area contributed by atoms with Gasteiger partial charge in [0.1, 0.15) is 4.83 Å². The molecular weight excluding hydrogens is 398 g/mol. The van der Waals surface area contributed by atoms with Crippen LogP contribution in [0.4, 0.5) is 0 Å². The summed E-state index contributed by atoms with van der Waals surface area (Å²) < 4.78 is 2.06. The summed E-state index contributed by atoms with van der Waals surface area (Å²) in [6, 6.07) is 1.99. The molecule has 140 valence electrons. The van der Waals surface area contributed by atoms with Crippen molar-refractivity contribution in [3.05, 3.63) is 38.6 Å². The smallest absolute Gasteiger partial charge is 0.264 e. The quantitative estimate of drug-likeness (QED) is 0.509. The third kappa shape index (κ3) is 3.18. The van der Waals surface area contributed by atoms with Gasteiger partial charge in [-0.05, 0) is 12.5 Å². The van der Waals surface area contributed by atoms with Gasteiger partial charge in [-0.3, -0.25) is 14.1 Å². The third-order valence-corrected chi connectivity index (χ3v) is 7.70. The van der Waals surface area contributed by atoms with E-state index in [9.17, 15) is 4.79 Å². The van der Waals surface area contributed by atoms with E-state index in [4.69, 9.17) is 0 Å². The molecule has 0 aromatic carbocycles. The van der Waals surface area contributed by atoms with Crippen LogP contribution in [-0.2, 0) is 13.0 Å². The van der Waals surface area contributed by atoms with Crippen LogP contribution in [-0.4, -0.2) is 56.3 Å². The fourth-order valence-electron chi connectivity index (χ4n) is 3.43. The molecule has 9 heteroatoms. The Morgan fingerprint density at radius 1 is 1.19 bits per heavy atom. The van der Waals surface area contributed by atoms with E-state index in [1.807, 2.05) is 22.5 Å². The number of amides is 1. The van der Waals surface area contributed by atoms with E-state index in [1.165, 1.54) is 16.3 Å². The molecule has 0 saturated carbocycles. The van der Waals surface area contributed by atoms with Gasteiger partial charge in [0.25, 0.3) is 5.91 Å². The van der Waals surface area contributed by atoms with Gasteiger partial charge < -0.3 is 4.90 Å². The number of rotatable bonds is 4. The van der Waals surface area contributed by atoms with Gasteiger partial charge >= 0.3 is 0 Å². The Hall–Kier alpha value is -1.81. The highest BCUT2D eigenvalue weighted by Crippen LogP contribution is 2.29. The number of hydrogen-bond donors (Lipinski definition) is 0. The highest BCUT2D eigenvalue weighted by molar-refractivity contribution is 7.21. The molecule has 1 aliphatic heterocycles. The van der Waals surface area contributed by atoms with Gasteiger partial charge in [0.2, 0.25) is 0 Å². The first kappa shape index (κ1) is 17.3. The summed E-state index contributed by atoms with van der Waals surface area (Å²) in [5.74, 6) is 0.128. The second-order valence-corrected chi connectivity index (χ2v) is 9.47. The van der Waals surface area contributed by atoms with Crippen molar-refractivity contribution in [2.24, 2.45) is 0 Å². The highest BCUT2D eigenvalue weighted by atomic mass is 32.1. The van der Waals surface area contributed by atoms with Crippen molar-refractivity contribution in [3.63, 3.8) is 0 Å². The molecule has 27 heavy (non-hydrogen) atoms. The van der Waals surface area contributed by atoms with E-state index >= 15 is 0 Å². The Labute approximate surface area is 168 Å². The van der Waals surface area contributed by atoms with E-state index in [0.29, 0.717) is 0 Å². The maximum absolute atomic E-state index is 12.9. The number of hydrogen-bond acceptors (Lipinski definition) is 7. The predicted molar refractivity (Wildman–Crippen MR) is 111 cm³/mol. The van der Waals surface area contributed by atoms with Crippen LogP contribution in [0.25, 0.3) is 15.3 Å². The lowest BCUT2D eigenvalue weighted by atomic mass is 10.2. The minimum absolute atomic E-state index is 0.128. The molecule has 0 unspecified atom stereocenters. The van der Waals surface area contributed by atoms with Crippen LogP contribution in [0, 0.1) is 0 Å². The maximum atomic E-state index is 12.9. The standard InChI is InChI=1S/C18H19N5OS3/c1-2-15-19-12(11-26-15)10-21-3-5-22(6-4-21)17(24)14-9-13-16(27-14)20-18-23(13)7-8-25-18/h7-9,11H,2-6,10H2,1H3. The van der Waals surface area contributed by atoms with Crippen molar-refractivity contribution in [2.45, 2.75) is 19.9 Å². The predicted octanol–water partition coefficient (Wildman–Crippen LogP) is 3.59. The second kappa shape index (κ2) is 6.97. The normalized spacial score (nSPS) is 16.0. The van der Waals surface area contributed by atoms with Crippen LogP contribution in [0.2, 0.25) is 0 Å². The van der Waals surface area contributed by atoms with Crippen molar-refractivity contribution in [1.29, 1.82) is 0 Å². The molecule has 4 aromatic heterocycles. The Bertz CT molecular complexity index is 1100. The first-order chi connectivity index (χ1) is 13.2. The van der Waals surface area contributed by atoms with Gasteiger partial charge in [-0.1, -0.05) is 6.92 Å². The molecular formula is C18H19N5OS3. The van der Waals surface area contributed by atoms with Gasteiger partial charge in [-0.25, -0.2) is 9.97 Å². The Balaban J connectivity index is 1.24. The van der Waals surface area contributed by atoms with Crippen LogP contribution >= 0.6 is 34.0 Å². The van der Waals surface area contributed by atoms with E-state index in [0.717, 1.165) is 65.0 Å². The summed E-state index contributed by atoms with van der Waals surface area (Å²) in [5, 5.41) is 5.37. The fraction of sp³-hybridized carbons (Fsp3) is 0.389. The Kier molecular flexibility index (Phi) is 4.47. The lowest BCUT2D eigenvalue weighted by Crippen LogP contribution is -2.48. The topological polar surface area (TPSA) is 53.7 Å². The van der Waals surface area contributed by atoms with Gasteiger partial charge in [0.15, 0.2) is 4.96 Å². The third-order valence-electron chi connectivity index (χ3n) is 4.90. The number of fused-ring (bicyclic) bond motifs is 3. The van der Waals surface area contributed by atoms with Gasteiger partial charge in [-0.2, -0.15) is 0 Å². The summed E-state index contributed by atoms with van der Waals surface area (Å²) in [7, 11) is 0. The molecule has 1 saturated heterocycles. The average Bonchev–Trinajstić information content (AvgIpc) is 3.43. The lowest BCUT2D eigenvalue weighted by molar-refractivity contribution is 0.0632. The average molecular weight is 418 g/mol. The van der Waals surface area contributed by atoms with Crippen LogP contribution < -0.4 is 0 Å². The second-order valence-electron chi connectivity index (χ2n) is 6.62. The zero-order valence-corrected chi connectivity index (χ0v) is 17.4. The van der Waals surface area contributed by atoms with E-state index < -0.39 is 0 Å². The molecule has 5 heterocycles. The number of thiazole rings is 2. The van der Waals surface area contributed by atoms with E-state index in [-0.39, 0.29) is 5.91 Å². The molecule has 0 bridgehead atoms. The molecule has 0 atom stereocenters. The zero-order chi connectivity index (χ0) is 18.4. The number of aryl methyl sites for hydroxylation is 1. The van der Waals surface area contributed by atoms with E-state index in [1.54, 1.807) is 22.7 Å². The van der Waals surface area contributed by atoms with Gasteiger partial charge in [0, 0.05) is 49.7 Å². The number of thiophene rings is 1. The SMILES string of the molecule is CCc1nc(CN2CCN(C(=O)c3cc4c(nc5sccn54)s3)CC2)cs1. The van der Waals surface area contributed by atoms with Crippen molar-refractivity contribution in [1.82, 2.24) is 24.2 Å². The van der Waals surface area contributed by atoms with Crippen molar-refractivity contribution in [2.75, 3.05) is 26.2 Å². The van der Waals surface area contributed by atoms with Crippen LogP contribution in [0.1, 0.15) is 27.3 Å². The fourth-order valence-corrected chi connectivity index (χ4v) is 5.93. The minimum atomic E-state index is 0.128. The van der Waals surface area contributed by atoms with Gasteiger partial charge in [0.05, 0.1) is 21.1 Å². The molecule has 5 rings (SSSR count). The summed E-state index contributed by atoms with van der Waals surface area (Å²) in [6.45, 7) is 6.33. The number of carbonyl (C=O) groups excluding carboxylic acids is 1. The number of carbonyl (C=O) groups is 1. The molecule has 1 fully saturated rings. The molecule has 0 spiro atoms. The molecule has 0 aliphatic carbocycles. The van der Waals surface area contributed by atoms with E-state index in [2.05, 4.69) is 31.6 Å². The van der Waals surface area contributed by atoms with Gasteiger partial charge in [-0.15, -0.1) is 34.0 Å². The van der Waals surface area contributed by atoms with Crippen LogP contribution in [0.3, 0.4) is 0 Å². The lowest BCUT2D eigenvalue weighted by Gasteiger charge is -2.34. The van der Waals surface area contributed by atoms with Crippen LogP contribution in [0.15, 0.2) is 23.0 Å². The number of piperazine rings is 1. The van der Waals surface area contributed by atoms with Crippen molar-refractivity contribution < 1.29 is 4.79 Å². The zero-order valence-electron chi connectivity index (χ0n) is 14.9. The minimum Gasteiger partial charge on any atom is -0.335 e. The van der Waals surface area contributed by atoms with Crippen molar-refractivity contribution >= 4 is 55.2 Å². The highest BCUT2D eigenvalue weighted by Gasteiger charge is 2.25. The molecule has 4 aromatic rings. The van der Waals surface area contributed by atoms with Crippen LogP contribution in [0.5, 0.6) is 0 Å². The molecule has 0 radical (unpaired) electrons. The molecule has 0 N–H and O–H groups in total. The largest absolute Gasteiger partial charge is 0.335 e. The van der Waals surface area contributed by atoms with Crippen molar-refractivity contribution in [3.8, 4) is 0 Å². The number of nitrogens with zero attached hydrogens (tertiary/aromatic N) is 5. The molecule has 1 aliphatic rings. The number of aromatic nitrogens is 3. The number of imidazole rings is 1. The Morgan fingerprint density at radius 2 is 2.04 bits per heavy atom. The summed E-state index contributed by atoms with van der Waals surface area (Å²) in [5.41, 5.74) is 2.19. The monoisotopic (exact) mass is 417 g/mol. The summed E-state index contributed by atoms with van der Waals surface area (Å²) in [4.78, 5) is 29.2. The first-order valence-corrected chi connectivity index (χ1v) is 11.6. The summed E-state index contributed by atoms with van der Waals surface area (Å²) >= 11 is 4.85. The Morgan fingerprint density at radius 3 is 2.81 bits per heavy atom. The molecule has 1 amide bonds. The molecule has 6 nitrogen and oxygen atoms in total. The maximum Gasteiger partial charge on any atom is 0.264 e. The first-order valence-electron chi connectivity index (χ1n) is 9.01.